The van der Waals surface area contributed by atoms with Crippen LogP contribution < -0.4 is 15.4 Å². The molecule has 2 N–H and O–H groups in total. The Hall–Kier alpha value is -3.92. The predicted molar refractivity (Wildman–Crippen MR) is 102 cm³/mol. The Morgan fingerprint density at radius 2 is 1.78 bits per heavy atom. The number of nitrogens with zero attached hydrogens (tertiary/aromatic N) is 3. The highest BCUT2D eigenvalue weighted by atomic mass is 16.5. The molecule has 1 amide bonds. The highest BCUT2D eigenvalue weighted by Crippen LogP contribution is 2.24. The number of anilines is 3. The van der Waals surface area contributed by atoms with Gasteiger partial charge in [-0.05, 0) is 37.3 Å². The molecule has 0 radical (unpaired) electrons. The molecule has 1 heterocycles. The minimum atomic E-state index is -0.387. The fourth-order valence-corrected chi connectivity index (χ4v) is 2.49. The van der Waals surface area contributed by atoms with E-state index in [0.717, 1.165) is 0 Å². The van der Waals surface area contributed by atoms with E-state index >= 15 is 0 Å². The first-order valence-corrected chi connectivity index (χ1v) is 8.17. The Kier molecular flexibility index (Phi) is 5.28. The first-order chi connectivity index (χ1) is 13.1. The number of methoxy groups -OCH3 is 1. The average molecular weight is 359 g/mol. The number of nitrogens with one attached hydrogen (secondary N) is 2. The number of nitriles is 1. The van der Waals surface area contributed by atoms with Crippen molar-refractivity contribution in [2.45, 2.75) is 6.92 Å². The minimum absolute atomic E-state index is 0.199. The summed E-state index contributed by atoms with van der Waals surface area (Å²) in [5.41, 5.74) is 2.40. The van der Waals surface area contributed by atoms with Crippen molar-refractivity contribution < 1.29 is 9.53 Å². The standard InChI is InChI=1S/C20H17N5O2/c1-13-11-17(19(26)23-16-9-5-6-10-18(16)27-2)25-20(22-13)24-15-8-4-3-7-14(15)12-21/h3-11H,1-2H3,(H,23,26)(H,22,24,25). The molecule has 0 aliphatic rings. The highest BCUT2D eigenvalue weighted by molar-refractivity contribution is 6.03. The normalized spacial score (nSPS) is 9.96. The number of hydrogen-bond donors (Lipinski definition) is 2. The third-order valence-corrected chi connectivity index (χ3v) is 3.74. The van der Waals surface area contributed by atoms with Crippen LogP contribution in [0, 0.1) is 18.3 Å². The van der Waals surface area contributed by atoms with E-state index in [1.165, 1.54) is 7.11 Å². The number of para-hydroxylation sites is 3. The van der Waals surface area contributed by atoms with Crippen LogP contribution in [-0.2, 0) is 0 Å². The lowest BCUT2D eigenvalue weighted by Crippen LogP contribution is -2.16. The topological polar surface area (TPSA) is 99.9 Å². The zero-order valence-corrected chi connectivity index (χ0v) is 14.9. The summed E-state index contributed by atoms with van der Waals surface area (Å²) in [6.45, 7) is 1.77. The second kappa shape index (κ2) is 7.97. The highest BCUT2D eigenvalue weighted by Gasteiger charge is 2.14. The summed E-state index contributed by atoms with van der Waals surface area (Å²) >= 11 is 0. The van der Waals surface area contributed by atoms with Crippen LogP contribution in [0.3, 0.4) is 0 Å². The molecule has 1 aromatic heterocycles. The lowest BCUT2D eigenvalue weighted by molar-refractivity contribution is 0.102. The fraction of sp³-hybridized carbons (Fsp3) is 0.100. The maximum Gasteiger partial charge on any atom is 0.274 e. The zero-order chi connectivity index (χ0) is 19.2. The van der Waals surface area contributed by atoms with E-state index in [9.17, 15) is 10.1 Å². The molecule has 0 saturated carbocycles. The molecule has 0 spiro atoms. The number of aryl methyl sites for hydroxylation is 1. The van der Waals surface area contributed by atoms with Gasteiger partial charge in [0.2, 0.25) is 5.95 Å². The van der Waals surface area contributed by atoms with Gasteiger partial charge in [0, 0.05) is 5.69 Å². The van der Waals surface area contributed by atoms with Crippen molar-refractivity contribution in [3.63, 3.8) is 0 Å². The molecule has 2 aromatic carbocycles. The Labute approximate surface area is 156 Å². The van der Waals surface area contributed by atoms with Crippen LogP contribution in [-0.4, -0.2) is 23.0 Å². The molecule has 0 saturated heterocycles. The van der Waals surface area contributed by atoms with Crippen LogP contribution in [0.15, 0.2) is 54.6 Å². The van der Waals surface area contributed by atoms with Gasteiger partial charge >= 0.3 is 0 Å². The first-order valence-electron chi connectivity index (χ1n) is 8.17. The van der Waals surface area contributed by atoms with Gasteiger partial charge in [0.1, 0.15) is 17.5 Å². The lowest BCUT2D eigenvalue weighted by Gasteiger charge is -2.11. The van der Waals surface area contributed by atoms with Gasteiger partial charge in [-0.3, -0.25) is 4.79 Å². The number of ether oxygens (including phenoxy) is 1. The van der Waals surface area contributed by atoms with Gasteiger partial charge in [0.25, 0.3) is 5.91 Å². The van der Waals surface area contributed by atoms with Crippen molar-refractivity contribution in [3.8, 4) is 11.8 Å². The van der Waals surface area contributed by atoms with E-state index in [1.54, 1.807) is 55.5 Å². The second-order valence-electron chi connectivity index (χ2n) is 5.65. The Morgan fingerprint density at radius 3 is 2.52 bits per heavy atom. The van der Waals surface area contributed by atoms with Gasteiger partial charge in [-0.25, -0.2) is 9.97 Å². The third kappa shape index (κ3) is 4.19. The quantitative estimate of drug-likeness (QED) is 0.721. The number of carbonyl (C=O) groups is 1. The molecule has 27 heavy (non-hydrogen) atoms. The maximum atomic E-state index is 12.6. The molecule has 0 unspecified atom stereocenters. The van der Waals surface area contributed by atoms with Gasteiger partial charge in [0.15, 0.2) is 0 Å². The lowest BCUT2D eigenvalue weighted by atomic mass is 10.2. The molecule has 7 nitrogen and oxygen atoms in total. The van der Waals surface area contributed by atoms with E-state index in [2.05, 4.69) is 26.7 Å². The molecule has 0 aliphatic carbocycles. The Balaban J connectivity index is 1.87. The summed E-state index contributed by atoms with van der Waals surface area (Å²) in [5, 5.41) is 15.0. The summed E-state index contributed by atoms with van der Waals surface area (Å²) in [7, 11) is 1.54. The molecule has 3 rings (SSSR count). The van der Waals surface area contributed by atoms with Crippen molar-refractivity contribution >= 4 is 23.2 Å². The van der Waals surface area contributed by atoms with E-state index in [0.29, 0.717) is 28.4 Å². The Morgan fingerprint density at radius 1 is 1.07 bits per heavy atom. The van der Waals surface area contributed by atoms with Gasteiger partial charge < -0.3 is 15.4 Å². The van der Waals surface area contributed by atoms with Crippen molar-refractivity contribution in [1.29, 1.82) is 5.26 Å². The largest absolute Gasteiger partial charge is 0.495 e. The van der Waals surface area contributed by atoms with Crippen LogP contribution in [0.5, 0.6) is 5.75 Å². The van der Waals surface area contributed by atoms with E-state index in [4.69, 9.17) is 4.74 Å². The summed E-state index contributed by atoms with van der Waals surface area (Å²) in [4.78, 5) is 21.2. The van der Waals surface area contributed by atoms with Crippen LogP contribution in [0.2, 0.25) is 0 Å². The summed E-state index contributed by atoms with van der Waals surface area (Å²) in [6, 6.07) is 17.8. The van der Waals surface area contributed by atoms with Crippen molar-refractivity contribution in [2.24, 2.45) is 0 Å². The summed E-state index contributed by atoms with van der Waals surface area (Å²) in [6.07, 6.45) is 0. The average Bonchev–Trinajstić information content (AvgIpc) is 2.68. The van der Waals surface area contributed by atoms with E-state index < -0.39 is 0 Å². The molecule has 0 atom stereocenters. The van der Waals surface area contributed by atoms with Crippen molar-refractivity contribution in [2.75, 3.05) is 17.7 Å². The molecule has 134 valence electrons. The number of hydrogen-bond acceptors (Lipinski definition) is 6. The predicted octanol–water partition coefficient (Wildman–Crippen LogP) is 3.66. The molecule has 3 aromatic rings. The Bertz CT molecular complexity index is 1030. The van der Waals surface area contributed by atoms with Crippen molar-refractivity contribution in [3.05, 3.63) is 71.5 Å². The number of amides is 1. The molecular weight excluding hydrogens is 342 g/mol. The van der Waals surface area contributed by atoms with Gasteiger partial charge in [-0.2, -0.15) is 5.26 Å². The monoisotopic (exact) mass is 359 g/mol. The maximum absolute atomic E-state index is 12.6. The molecule has 0 fully saturated rings. The van der Waals surface area contributed by atoms with Crippen LogP contribution in [0.4, 0.5) is 17.3 Å². The number of rotatable bonds is 5. The summed E-state index contributed by atoms with van der Waals surface area (Å²) < 4.78 is 5.24. The molecular formula is C20H17N5O2. The molecule has 0 bridgehead atoms. The van der Waals surface area contributed by atoms with Crippen LogP contribution in [0.25, 0.3) is 0 Å². The van der Waals surface area contributed by atoms with Gasteiger partial charge in [-0.15, -0.1) is 0 Å². The number of aromatic nitrogens is 2. The van der Waals surface area contributed by atoms with Crippen LogP contribution >= 0.6 is 0 Å². The minimum Gasteiger partial charge on any atom is -0.495 e. The third-order valence-electron chi connectivity index (χ3n) is 3.74. The van der Waals surface area contributed by atoms with Gasteiger partial charge in [0.05, 0.1) is 24.0 Å². The fourth-order valence-electron chi connectivity index (χ4n) is 2.49. The first kappa shape index (κ1) is 17.9. The van der Waals surface area contributed by atoms with Crippen molar-refractivity contribution in [1.82, 2.24) is 9.97 Å². The molecule has 7 heteroatoms. The summed E-state index contributed by atoms with van der Waals surface area (Å²) in [5.74, 6) is 0.405. The van der Waals surface area contributed by atoms with Gasteiger partial charge in [-0.1, -0.05) is 24.3 Å². The zero-order valence-electron chi connectivity index (χ0n) is 14.9. The second-order valence-corrected chi connectivity index (χ2v) is 5.65. The molecule has 0 aliphatic heterocycles. The van der Waals surface area contributed by atoms with E-state index in [-0.39, 0.29) is 17.5 Å². The smallest absolute Gasteiger partial charge is 0.274 e. The van der Waals surface area contributed by atoms with Crippen LogP contribution in [0.1, 0.15) is 21.7 Å². The number of carbonyl (C=O) groups excluding carboxylic acids is 1. The van der Waals surface area contributed by atoms with E-state index in [1.807, 2.05) is 6.07 Å². The number of benzene rings is 2. The SMILES string of the molecule is COc1ccccc1NC(=O)c1cc(C)nc(Nc2ccccc2C#N)n1.